The van der Waals surface area contributed by atoms with Crippen molar-refractivity contribution in [1.82, 2.24) is 19.7 Å². The van der Waals surface area contributed by atoms with E-state index >= 15 is 0 Å². The lowest BCUT2D eigenvalue weighted by Gasteiger charge is -2.28. The van der Waals surface area contributed by atoms with E-state index in [1.54, 1.807) is 4.68 Å². The van der Waals surface area contributed by atoms with E-state index in [2.05, 4.69) is 27.1 Å². The van der Waals surface area contributed by atoms with E-state index in [9.17, 15) is 4.79 Å². The summed E-state index contributed by atoms with van der Waals surface area (Å²) in [5, 5.41) is 4.98. The summed E-state index contributed by atoms with van der Waals surface area (Å²) < 4.78 is 7.76. The standard InChI is InChI=1S/C28H29ClN4O2/c1-17-6-8-21(19-14-30-32(2)15-19)23(12-17)28(34)33-16-18-4-3-5-22(18)25(33)9-11-27-31-24-13-20(29)7-10-26(24)35-27/h6-8,10,12-15,18,22,25H,3-5,9,11,16H2,1-2H3. The van der Waals surface area contributed by atoms with Crippen LogP contribution in [0.3, 0.4) is 0 Å². The van der Waals surface area contributed by atoms with Crippen LogP contribution in [0.25, 0.3) is 22.2 Å². The first-order valence-corrected chi connectivity index (χ1v) is 12.8. The highest BCUT2D eigenvalue weighted by Gasteiger charge is 2.46. The van der Waals surface area contributed by atoms with Gasteiger partial charge in [0.1, 0.15) is 5.52 Å². The molecule has 1 aliphatic carbocycles. The molecule has 3 unspecified atom stereocenters. The zero-order valence-electron chi connectivity index (χ0n) is 20.1. The molecule has 1 saturated heterocycles. The number of aromatic nitrogens is 3. The molecule has 1 amide bonds. The maximum absolute atomic E-state index is 14.1. The summed E-state index contributed by atoms with van der Waals surface area (Å²) in [6.45, 7) is 2.87. The number of oxazole rings is 1. The van der Waals surface area contributed by atoms with Gasteiger partial charge in [-0.05, 0) is 67.9 Å². The molecule has 7 heteroatoms. The number of likely N-dealkylation sites (tertiary alicyclic amines) is 1. The van der Waals surface area contributed by atoms with Gasteiger partial charge >= 0.3 is 0 Å². The lowest BCUT2D eigenvalue weighted by atomic mass is 9.91. The van der Waals surface area contributed by atoms with Gasteiger partial charge in [0.05, 0.1) is 6.20 Å². The third kappa shape index (κ3) is 4.14. The van der Waals surface area contributed by atoms with E-state index in [-0.39, 0.29) is 11.9 Å². The van der Waals surface area contributed by atoms with E-state index in [1.807, 2.05) is 50.6 Å². The number of fused-ring (bicyclic) bond motifs is 2. The molecule has 0 bridgehead atoms. The Morgan fingerprint density at radius 1 is 1.20 bits per heavy atom. The Morgan fingerprint density at radius 2 is 2.09 bits per heavy atom. The van der Waals surface area contributed by atoms with Crippen LogP contribution in [0, 0.1) is 18.8 Å². The second kappa shape index (κ2) is 8.83. The van der Waals surface area contributed by atoms with E-state index in [4.69, 9.17) is 16.0 Å². The van der Waals surface area contributed by atoms with Crippen LogP contribution in [0.15, 0.2) is 53.2 Å². The number of halogens is 1. The molecule has 2 aromatic heterocycles. The number of benzene rings is 2. The normalized spacial score (nSPS) is 21.7. The molecule has 3 heterocycles. The van der Waals surface area contributed by atoms with Crippen LogP contribution < -0.4 is 0 Å². The van der Waals surface area contributed by atoms with E-state index in [0.717, 1.165) is 46.3 Å². The molecule has 0 radical (unpaired) electrons. The lowest BCUT2D eigenvalue weighted by Crippen LogP contribution is -2.38. The molecule has 1 saturated carbocycles. The predicted octanol–water partition coefficient (Wildman–Crippen LogP) is 6.06. The van der Waals surface area contributed by atoms with Crippen molar-refractivity contribution >= 4 is 28.6 Å². The van der Waals surface area contributed by atoms with Gasteiger partial charge in [-0.25, -0.2) is 4.98 Å². The summed E-state index contributed by atoms with van der Waals surface area (Å²) in [5.41, 5.74) is 5.30. The largest absolute Gasteiger partial charge is 0.441 e. The van der Waals surface area contributed by atoms with Crippen LogP contribution in [0.5, 0.6) is 0 Å². The van der Waals surface area contributed by atoms with Crippen molar-refractivity contribution in [3.8, 4) is 11.1 Å². The molecule has 3 atom stereocenters. The van der Waals surface area contributed by atoms with Gasteiger partial charge < -0.3 is 9.32 Å². The number of hydrogen-bond acceptors (Lipinski definition) is 4. The van der Waals surface area contributed by atoms with Crippen molar-refractivity contribution in [3.63, 3.8) is 0 Å². The predicted molar refractivity (Wildman–Crippen MR) is 136 cm³/mol. The minimum atomic E-state index is 0.122. The topological polar surface area (TPSA) is 64.2 Å². The van der Waals surface area contributed by atoms with Crippen molar-refractivity contribution < 1.29 is 9.21 Å². The first kappa shape index (κ1) is 22.4. The molecule has 35 heavy (non-hydrogen) atoms. The zero-order valence-corrected chi connectivity index (χ0v) is 20.8. The Labute approximate surface area is 209 Å². The molecule has 0 N–H and O–H groups in total. The third-order valence-corrected chi connectivity index (χ3v) is 8.01. The highest BCUT2D eigenvalue weighted by molar-refractivity contribution is 6.31. The van der Waals surface area contributed by atoms with Crippen LogP contribution in [0.4, 0.5) is 0 Å². The minimum absolute atomic E-state index is 0.122. The Morgan fingerprint density at radius 3 is 2.91 bits per heavy atom. The van der Waals surface area contributed by atoms with E-state index in [1.165, 1.54) is 19.3 Å². The Hall–Kier alpha value is -3.12. The summed E-state index contributed by atoms with van der Waals surface area (Å²) in [5.74, 6) is 1.96. The fourth-order valence-electron chi connectivity index (χ4n) is 6.15. The molecule has 6 nitrogen and oxygen atoms in total. The summed E-state index contributed by atoms with van der Waals surface area (Å²) in [7, 11) is 1.90. The second-order valence-electron chi connectivity index (χ2n) is 10.1. The summed E-state index contributed by atoms with van der Waals surface area (Å²) >= 11 is 6.12. The van der Waals surface area contributed by atoms with Gasteiger partial charge in [-0.1, -0.05) is 35.7 Å². The van der Waals surface area contributed by atoms with Crippen molar-refractivity contribution in [3.05, 3.63) is 70.8 Å². The number of rotatable bonds is 5. The highest BCUT2D eigenvalue weighted by atomic mass is 35.5. The summed E-state index contributed by atoms with van der Waals surface area (Å²) in [4.78, 5) is 20.9. The van der Waals surface area contributed by atoms with Crippen molar-refractivity contribution in [2.45, 2.75) is 45.1 Å². The van der Waals surface area contributed by atoms with Crippen molar-refractivity contribution in [2.24, 2.45) is 18.9 Å². The molecule has 4 aromatic rings. The molecule has 6 rings (SSSR count). The molecule has 2 fully saturated rings. The second-order valence-corrected chi connectivity index (χ2v) is 10.5. The molecule has 0 spiro atoms. The average molecular weight is 489 g/mol. The number of hydrogen-bond donors (Lipinski definition) is 0. The number of carbonyl (C=O) groups excluding carboxylic acids is 1. The Balaban J connectivity index is 1.29. The number of nitrogens with zero attached hydrogens (tertiary/aromatic N) is 4. The SMILES string of the molecule is Cc1ccc(-c2cnn(C)c2)c(C(=O)N2CC3CCCC3C2CCc2nc3cc(Cl)ccc3o2)c1. The first-order chi connectivity index (χ1) is 17.0. The van der Waals surface area contributed by atoms with E-state index in [0.29, 0.717) is 29.2 Å². The number of amides is 1. The van der Waals surface area contributed by atoms with Crippen LogP contribution in [0.2, 0.25) is 5.02 Å². The zero-order chi connectivity index (χ0) is 24.1. The van der Waals surface area contributed by atoms with Crippen LogP contribution >= 0.6 is 11.6 Å². The lowest BCUT2D eigenvalue weighted by molar-refractivity contribution is 0.0704. The van der Waals surface area contributed by atoms with E-state index < -0.39 is 0 Å². The number of carbonyl (C=O) groups is 1. The molecule has 1 aliphatic heterocycles. The minimum Gasteiger partial charge on any atom is -0.441 e. The fourth-order valence-corrected chi connectivity index (χ4v) is 6.32. The molecular formula is C28H29ClN4O2. The van der Waals surface area contributed by atoms with Crippen molar-refractivity contribution in [1.29, 1.82) is 0 Å². The molecule has 2 aromatic carbocycles. The monoisotopic (exact) mass is 488 g/mol. The van der Waals surface area contributed by atoms with Gasteiger partial charge in [-0.2, -0.15) is 5.10 Å². The fraction of sp³-hybridized carbons (Fsp3) is 0.393. The Kier molecular flexibility index (Phi) is 5.64. The molecule has 2 aliphatic rings. The Bertz CT molecular complexity index is 1410. The highest BCUT2D eigenvalue weighted by Crippen LogP contribution is 2.44. The van der Waals surface area contributed by atoms with Gasteiger partial charge in [0.2, 0.25) is 0 Å². The van der Waals surface area contributed by atoms with Crippen LogP contribution in [-0.2, 0) is 13.5 Å². The molecular weight excluding hydrogens is 460 g/mol. The quantitative estimate of drug-likeness (QED) is 0.342. The van der Waals surface area contributed by atoms with Gasteiger partial charge in [-0.3, -0.25) is 9.48 Å². The number of aryl methyl sites for hydroxylation is 3. The van der Waals surface area contributed by atoms with Crippen LogP contribution in [0.1, 0.15) is 47.5 Å². The van der Waals surface area contributed by atoms with Crippen molar-refractivity contribution in [2.75, 3.05) is 6.54 Å². The third-order valence-electron chi connectivity index (χ3n) is 7.77. The van der Waals surface area contributed by atoms with Gasteiger partial charge in [0.25, 0.3) is 5.91 Å². The maximum Gasteiger partial charge on any atom is 0.254 e. The van der Waals surface area contributed by atoms with Gasteiger partial charge in [-0.15, -0.1) is 0 Å². The molecule has 180 valence electrons. The average Bonchev–Trinajstić information content (AvgIpc) is 3.61. The first-order valence-electron chi connectivity index (χ1n) is 12.4. The van der Waals surface area contributed by atoms with Gasteiger partial charge in [0, 0.05) is 48.4 Å². The smallest absolute Gasteiger partial charge is 0.254 e. The van der Waals surface area contributed by atoms with Crippen LogP contribution in [-0.4, -0.2) is 38.2 Å². The summed E-state index contributed by atoms with van der Waals surface area (Å²) in [6, 6.07) is 11.9. The van der Waals surface area contributed by atoms with Gasteiger partial charge in [0.15, 0.2) is 11.5 Å². The summed E-state index contributed by atoms with van der Waals surface area (Å²) in [6.07, 6.45) is 8.99. The maximum atomic E-state index is 14.1.